The number of benzene rings is 2. The second kappa shape index (κ2) is 5.64. The monoisotopic (exact) mass is 311 g/mol. The lowest BCUT2D eigenvalue weighted by Gasteiger charge is -2.09. The lowest BCUT2D eigenvalue weighted by Crippen LogP contribution is -2.04. The van der Waals surface area contributed by atoms with E-state index in [-0.39, 0.29) is 11.4 Å². The Hall–Kier alpha value is -3.02. The van der Waals surface area contributed by atoms with Crippen LogP contribution in [0.5, 0.6) is 0 Å². The molecule has 0 amide bonds. The van der Waals surface area contributed by atoms with Crippen molar-refractivity contribution >= 4 is 5.97 Å². The van der Waals surface area contributed by atoms with Crippen molar-refractivity contribution in [2.24, 2.45) is 0 Å². The van der Waals surface area contributed by atoms with Crippen LogP contribution in [0.4, 0.5) is 4.39 Å². The summed E-state index contributed by atoms with van der Waals surface area (Å²) in [7, 11) is 0. The van der Waals surface area contributed by atoms with Crippen LogP contribution in [0, 0.1) is 19.7 Å². The third-order valence-corrected chi connectivity index (χ3v) is 3.71. The molecule has 5 nitrogen and oxygen atoms in total. The fourth-order valence-corrected chi connectivity index (χ4v) is 2.36. The van der Waals surface area contributed by atoms with Crippen LogP contribution in [0.3, 0.4) is 0 Å². The molecule has 3 aromatic rings. The van der Waals surface area contributed by atoms with Crippen molar-refractivity contribution in [1.29, 1.82) is 0 Å². The topological polar surface area (TPSA) is 68.0 Å². The standard InChI is InChI=1S/C17H14FN3O2/c1-10-6-7-14(8-11(10)2)21-16(15(17(22)23)19-20-21)12-4-3-5-13(18)9-12/h3-9H,1-2H3,(H,22,23). The van der Waals surface area contributed by atoms with E-state index in [4.69, 9.17) is 0 Å². The highest BCUT2D eigenvalue weighted by atomic mass is 19.1. The van der Waals surface area contributed by atoms with Crippen LogP contribution in [0.25, 0.3) is 16.9 Å². The van der Waals surface area contributed by atoms with Crippen molar-refractivity contribution in [3.05, 3.63) is 65.1 Å². The van der Waals surface area contributed by atoms with Crippen LogP contribution < -0.4 is 0 Å². The number of aryl methyl sites for hydroxylation is 2. The number of halogens is 1. The van der Waals surface area contributed by atoms with Crippen molar-refractivity contribution < 1.29 is 14.3 Å². The fourth-order valence-electron chi connectivity index (χ4n) is 2.36. The molecule has 0 atom stereocenters. The number of nitrogens with zero attached hydrogens (tertiary/aromatic N) is 3. The third-order valence-electron chi connectivity index (χ3n) is 3.71. The Morgan fingerprint density at radius 2 is 1.91 bits per heavy atom. The highest BCUT2D eigenvalue weighted by Gasteiger charge is 2.22. The molecule has 1 heterocycles. The van der Waals surface area contributed by atoms with Gasteiger partial charge in [0.25, 0.3) is 0 Å². The molecular formula is C17H14FN3O2. The maximum Gasteiger partial charge on any atom is 0.358 e. The molecule has 23 heavy (non-hydrogen) atoms. The number of carboxylic acid groups (broad SMARTS) is 1. The summed E-state index contributed by atoms with van der Waals surface area (Å²) in [4.78, 5) is 11.4. The number of carboxylic acids is 1. The molecule has 1 N–H and O–H groups in total. The SMILES string of the molecule is Cc1ccc(-n2nnc(C(=O)O)c2-c2cccc(F)c2)cc1C. The van der Waals surface area contributed by atoms with E-state index in [1.807, 2.05) is 32.0 Å². The number of rotatable bonds is 3. The lowest BCUT2D eigenvalue weighted by molar-refractivity contribution is 0.0691. The Morgan fingerprint density at radius 1 is 1.13 bits per heavy atom. The molecule has 0 spiro atoms. The second-order valence-corrected chi connectivity index (χ2v) is 5.28. The summed E-state index contributed by atoms with van der Waals surface area (Å²) >= 11 is 0. The van der Waals surface area contributed by atoms with Gasteiger partial charge in [0.2, 0.25) is 0 Å². The van der Waals surface area contributed by atoms with Gasteiger partial charge in [-0.1, -0.05) is 23.4 Å². The maximum atomic E-state index is 13.5. The fraction of sp³-hybridized carbons (Fsp3) is 0.118. The van der Waals surface area contributed by atoms with Crippen molar-refractivity contribution in [1.82, 2.24) is 15.0 Å². The number of hydrogen-bond donors (Lipinski definition) is 1. The van der Waals surface area contributed by atoms with E-state index in [9.17, 15) is 14.3 Å². The highest BCUT2D eigenvalue weighted by molar-refractivity contribution is 5.93. The molecule has 0 aliphatic rings. The summed E-state index contributed by atoms with van der Waals surface area (Å²) in [6.45, 7) is 3.94. The van der Waals surface area contributed by atoms with Gasteiger partial charge in [-0.05, 0) is 49.2 Å². The van der Waals surface area contributed by atoms with Crippen LogP contribution in [0.2, 0.25) is 0 Å². The van der Waals surface area contributed by atoms with Gasteiger partial charge < -0.3 is 5.11 Å². The van der Waals surface area contributed by atoms with Crippen LogP contribution in [0.1, 0.15) is 21.6 Å². The molecule has 0 saturated carbocycles. The molecule has 6 heteroatoms. The number of aromatic carboxylic acids is 1. The summed E-state index contributed by atoms with van der Waals surface area (Å²) in [6, 6.07) is 11.3. The van der Waals surface area contributed by atoms with Gasteiger partial charge in [0, 0.05) is 5.56 Å². The van der Waals surface area contributed by atoms with E-state index in [2.05, 4.69) is 10.3 Å². The average Bonchev–Trinajstić information content (AvgIpc) is 2.95. The number of carbonyl (C=O) groups is 1. The van der Waals surface area contributed by atoms with E-state index in [1.165, 1.54) is 22.9 Å². The molecule has 0 unspecified atom stereocenters. The van der Waals surface area contributed by atoms with Crippen molar-refractivity contribution in [3.8, 4) is 16.9 Å². The lowest BCUT2D eigenvalue weighted by atomic mass is 10.1. The first-order valence-electron chi connectivity index (χ1n) is 7.00. The zero-order valence-corrected chi connectivity index (χ0v) is 12.6. The van der Waals surface area contributed by atoms with Gasteiger partial charge in [0.15, 0.2) is 5.69 Å². The molecule has 0 aliphatic heterocycles. The van der Waals surface area contributed by atoms with Crippen LogP contribution in [0.15, 0.2) is 42.5 Å². The number of hydrogen-bond acceptors (Lipinski definition) is 3. The predicted octanol–water partition coefficient (Wildman–Crippen LogP) is 3.39. The summed E-state index contributed by atoms with van der Waals surface area (Å²) in [6.07, 6.45) is 0. The molecule has 0 saturated heterocycles. The third kappa shape index (κ3) is 2.70. The van der Waals surface area contributed by atoms with Gasteiger partial charge in [0.1, 0.15) is 11.5 Å². The molecule has 116 valence electrons. The van der Waals surface area contributed by atoms with E-state index >= 15 is 0 Å². The summed E-state index contributed by atoms with van der Waals surface area (Å²) in [5.74, 6) is -1.66. The molecular weight excluding hydrogens is 297 g/mol. The van der Waals surface area contributed by atoms with E-state index in [1.54, 1.807) is 6.07 Å². The maximum absolute atomic E-state index is 13.5. The number of aromatic nitrogens is 3. The molecule has 0 bridgehead atoms. The highest BCUT2D eigenvalue weighted by Crippen LogP contribution is 2.26. The minimum absolute atomic E-state index is 0.214. The summed E-state index contributed by atoms with van der Waals surface area (Å²) in [5, 5.41) is 17.0. The Balaban J connectivity index is 2.26. The largest absolute Gasteiger partial charge is 0.476 e. The van der Waals surface area contributed by atoms with Gasteiger partial charge in [0.05, 0.1) is 5.69 Å². The van der Waals surface area contributed by atoms with Crippen molar-refractivity contribution in [3.63, 3.8) is 0 Å². The van der Waals surface area contributed by atoms with Gasteiger partial charge >= 0.3 is 5.97 Å². The average molecular weight is 311 g/mol. The molecule has 1 aromatic heterocycles. The Bertz CT molecular complexity index is 903. The smallest absolute Gasteiger partial charge is 0.358 e. The predicted molar refractivity (Wildman–Crippen MR) is 83.2 cm³/mol. The first-order valence-corrected chi connectivity index (χ1v) is 7.00. The van der Waals surface area contributed by atoms with Crippen molar-refractivity contribution in [2.45, 2.75) is 13.8 Å². The van der Waals surface area contributed by atoms with Gasteiger partial charge in [-0.3, -0.25) is 0 Å². The molecule has 0 radical (unpaired) electrons. The first kappa shape index (κ1) is 14.9. The minimum atomic E-state index is -1.21. The molecule has 3 rings (SSSR count). The Labute approximate surface area is 132 Å². The molecule has 0 fully saturated rings. The summed E-state index contributed by atoms with van der Waals surface area (Å²) in [5.41, 5.74) is 3.27. The quantitative estimate of drug-likeness (QED) is 0.805. The normalized spacial score (nSPS) is 10.7. The zero-order valence-electron chi connectivity index (χ0n) is 12.6. The zero-order chi connectivity index (χ0) is 16.6. The van der Waals surface area contributed by atoms with Crippen molar-refractivity contribution in [2.75, 3.05) is 0 Å². The van der Waals surface area contributed by atoms with E-state index in [0.29, 0.717) is 11.3 Å². The van der Waals surface area contributed by atoms with Gasteiger partial charge in [-0.2, -0.15) is 0 Å². The first-order chi connectivity index (χ1) is 11.0. The van der Waals surface area contributed by atoms with Crippen LogP contribution >= 0.6 is 0 Å². The van der Waals surface area contributed by atoms with E-state index in [0.717, 1.165) is 11.1 Å². The Kier molecular flexibility index (Phi) is 3.65. The van der Waals surface area contributed by atoms with Gasteiger partial charge in [-0.15, -0.1) is 5.10 Å². The second-order valence-electron chi connectivity index (χ2n) is 5.28. The van der Waals surface area contributed by atoms with Crippen LogP contribution in [-0.4, -0.2) is 26.1 Å². The van der Waals surface area contributed by atoms with E-state index < -0.39 is 11.8 Å². The molecule has 0 aliphatic carbocycles. The minimum Gasteiger partial charge on any atom is -0.476 e. The summed E-state index contributed by atoms with van der Waals surface area (Å²) < 4.78 is 15.0. The van der Waals surface area contributed by atoms with Gasteiger partial charge in [-0.25, -0.2) is 13.9 Å². The Morgan fingerprint density at radius 3 is 2.57 bits per heavy atom. The molecule has 2 aromatic carbocycles. The van der Waals surface area contributed by atoms with Crippen LogP contribution in [-0.2, 0) is 0 Å².